The smallest absolute Gasteiger partial charge is 0.410 e. The van der Waals surface area contributed by atoms with E-state index in [1.807, 2.05) is 63.5 Å². The molecule has 8 aromatic rings. The van der Waals surface area contributed by atoms with E-state index in [-0.39, 0.29) is 11.9 Å². The number of hydrogen-bond donors (Lipinski definition) is 5. The van der Waals surface area contributed by atoms with E-state index in [0.717, 1.165) is 144 Å². The summed E-state index contributed by atoms with van der Waals surface area (Å²) in [5.41, 5.74) is 18.2. The Kier molecular flexibility index (Phi) is 20.5. The molecule has 0 unspecified atom stereocenters. The van der Waals surface area contributed by atoms with Crippen molar-refractivity contribution in [3.63, 3.8) is 0 Å². The molecule has 0 atom stereocenters. The summed E-state index contributed by atoms with van der Waals surface area (Å²) in [4.78, 5) is 77.7. The fourth-order valence-corrected chi connectivity index (χ4v) is 12.9. The average molecular weight is 1230 g/mol. The zero-order valence-electron chi connectivity index (χ0n) is 51.3. The van der Waals surface area contributed by atoms with E-state index >= 15 is 0 Å². The number of rotatable bonds is 14. The van der Waals surface area contributed by atoms with Crippen molar-refractivity contribution in [2.24, 2.45) is 5.73 Å². The summed E-state index contributed by atoms with van der Waals surface area (Å²) in [7, 11) is 4.32. The molecule has 460 valence electrons. The van der Waals surface area contributed by atoms with E-state index in [1.54, 1.807) is 34.7 Å². The Morgan fingerprint density at radius 1 is 0.648 bits per heavy atom. The van der Waals surface area contributed by atoms with Gasteiger partial charge in [-0.05, 0) is 162 Å². The number of likely N-dealkylation sites (N-methyl/N-ethyl adjacent to an activating group) is 2. The second kappa shape index (κ2) is 28.7. The first-order valence-electron chi connectivity index (χ1n) is 30.0. The van der Waals surface area contributed by atoms with Crippen LogP contribution in [0.2, 0.25) is 0 Å². The molecule has 0 bridgehead atoms. The van der Waals surface area contributed by atoms with E-state index in [4.69, 9.17) is 20.6 Å². The normalized spacial score (nSPS) is 15.2. The highest BCUT2D eigenvalue weighted by atomic mass is 32.1. The number of ketones is 1. The van der Waals surface area contributed by atoms with E-state index in [1.165, 1.54) is 32.9 Å². The molecule has 88 heavy (non-hydrogen) atoms. The number of carbonyl (C=O) groups excluding carboxylic acids is 2. The van der Waals surface area contributed by atoms with E-state index in [2.05, 4.69) is 137 Å². The Hall–Kier alpha value is -8.25. The highest BCUT2D eigenvalue weighted by Gasteiger charge is 2.28. The second-order valence-corrected chi connectivity index (χ2v) is 25.9. The summed E-state index contributed by atoms with van der Waals surface area (Å²) in [6.07, 6.45) is 9.96. The molecular formula is C66H79N15O5S2. The maximum absolute atomic E-state index is 12.9. The number of nitrogens with zero attached hydrogens (tertiary/aromatic N) is 11. The zero-order chi connectivity index (χ0) is 61.9. The number of aromatic nitrogens is 6. The summed E-state index contributed by atoms with van der Waals surface area (Å²) in [6.45, 7) is 21.4. The Morgan fingerprint density at radius 2 is 1.18 bits per heavy atom. The van der Waals surface area contributed by atoms with Gasteiger partial charge in [0.15, 0.2) is 5.78 Å². The van der Waals surface area contributed by atoms with Crippen LogP contribution < -0.4 is 31.5 Å². The molecule has 1 amide bonds. The lowest BCUT2D eigenvalue weighted by atomic mass is 9.98. The number of aryl methyl sites for hydroxylation is 3. The van der Waals surface area contributed by atoms with Crippen molar-refractivity contribution in [1.29, 1.82) is 0 Å². The molecule has 6 aromatic heterocycles. The number of thiophene rings is 2. The number of amides is 1. The third-order valence-corrected chi connectivity index (χ3v) is 18.4. The molecule has 0 saturated carbocycles. The summed E-state index contributed by atoms with van der Waals surface area (Å²) >= 11 is 2.97. The van der Waals surface area contributed by atoms with Crippen molar-refractivity contribution in [3.8, 4) is 22.5 Å². The molecular weight excluding hydrogens is 1150 g/mol. The number of fused-ring (bicyclic) bond motifs is 2. The maximum Gasteiger partial charge on any atom is 0.410 e. The van der Waals surface area contributed by atoms with E-state index in [0.29, 0.717) is 55.1 Å². The number of Topliss-reactive ketones (excluding diaryl/α,β-unsaturated/α-hetero) is 1. The standard InChI is InChI=1S/C31H35N7OS.C22H27N7.C13H17NO4S/c1-21-17-23(4-3-22(21)5-7-27(39)29-18-24-19-32-11-10-28(24)40-29)26-9-12-33-31(35-26)36-30-8-6-25(20-34-30)38-15-13-37(2)14-16-38;1-16-13-17(3-4-18(16)14-23)20-7-8-24-22(26-20)27-21-6-5-19(15-25-21)29-11-9-28(2)10-12-29;1-13(2,3)18-12(17)14-5-4-9-8(7-14)6-10(19-9)11(15)16/h3-4,6,8-9,12,17-18,20,32H,5,7,10-11,13-16,19H2,1-2H3,(H,33,34,35,36);3-8,13,15H,9-12,14,23H2,1-2H3,(H,24,25,26,27);6H,4-5,7H2,1-3H3,(H,15,16). The number of piperazine rings is 2. The number of benzene rings is 2. The number of nitrogens with one attached hydrogen (secondary N) is 3. The number of nitrogens with two attached hydrogens (primary N) is 1. The number of carbonyl (C=O) groups is 3. The van der Waals surface area contributed by atoms with Crippen LogP contribution in [0.5, 0.6) is 0 Å². The third kappa shape index (κ3) is 16.7. The minimum atomic E-state index is -0.914. The molecule has 20 nitrogen and oxygen atoms in total. The minimum Gasteiger partial charge on any atom is -0.477 e. The number of hydrogen-bond acceptors (Lipinski definition) is 20. The zero-order valence-corrected chi connectivity index (χ0v) is 52.9. The molecule has 10 heterocycles. The molecule has 0 spiro atoms. The van der Waals surface area contributed by atoms with Crippen LogP contribution in [0, 0.1) is 13.8 Å². The van der Waals surface area contributed by atoms with Gasteiger partial charge >= 0.3 is 12.1 Å². The van der Waals surface area contributed by atoms with Crippen molar-refractivity contribution in [2.75, 3.05) is 100.0 Å². The van der Waals surface area contributed by atoms with Crippen molar-refractivity contribution in [1.82, 2.24) is 49.9 Å². The summed E-state index contributed by atoms with van der Waals surface area (Å²) in [6, 6.07) is 28.3. The lowest BCUT2D eigenvalue weighted by Gasteiger charge is -2.33. The van der Waals surface area contributed by atoms with Crippen molar-refractivity contribution in [3.05, 3.63) is 163 Å². The van der Waals surface area contributed by atoms with Crippen LogP contribution in [0.4, 0.5) is 39.7 Å². The number of anilines is 6. The highest BCUT2D eigenvalue weighted by Crippen LogP contribution is 2.31. The van der Waals surface area contributed by atoms with Crippen LogP contribution in [0.1, 0.15) is 89.7 Å². The summed E-state index contributed by atoms with van der Waals surface area (Å²) < 4.78 is 5.32. The molecule has 0 aliphatic carbocycles. The van der Waals surface area contributed by atoms with Gasteiger partial charge in [-0.3, -0.25) is 4.79 Å². The van der Waals surface area contributed by atoms with E-state index < -0.39 is 11.6 Å². The van der Waals surface area contributed by atoms with Crippen LogP contribution in [-0.2, 0) is 43.6 Å². The summed E-state index contributed by atoms with van der Waals surface area (Å²) in [5, 5.41) is 18.8. The Labute approximate surface area is 523 Å². The van der Waals surface area contributed by atoms with Gasteiger partial charge in [-0.2, -0.15) is 0 Å². The Balaban J connectivity index is 0.000000156. The molecule has 2 aromatic carbocycles. The molecule has 0 radical (unpaired) electrons. The monoisotopic (exact) mass is 1230 g/mol. The lowest BCUT2D eigenvalue weighted by Crippen LogP contribution is -2.44. The van der Waals surface area contributed by atoms with Crippen LogP contribution in [0.15, 0.2) is 110 Å². The minimum absolute atomic E-state index is 0.236. The van der Waals surface area contributed by atoms with Gasteiger partial charge in [-0.1, -0.05) is 24.3 Å². The lowest BCUT2D eigenvalue weighted by molar-refractivity contribution is 0.0225. The molecule has 4 aliphatic heterocycles. The fraction of sp³-hybridized carbons (Fsp3) is 0.379. The number of pyridine rings is 2. The number of aromatic carboxylic acids is 1. The third-order valence-electron chi connectivity index (χ3n) is 15.9. The molecule has 2 fully saturated rings. The van der Waals surface area contributed by atoms with Gasteiger partial charge in [-0.15, -0.1) is 22.7 Å². The molecule has 4 aliphatic rings. The van der Waals surface area contributed by atoms with Crippen LogP contribution >= 0.6 is 22.7 Å². The van der Waals surface area contributed by atoms with Gasteiger partial charge in [-0.25, -0.2) is 39.5 Å². The number of ether oxygens (including phenoxy) is 1. The molecule has 12 rings (SSSR count). The van der Waals surface area contributed by atoms with Crippen LogP contribution in [0.3, 0.4) is 0 Å². The van der Waals surface area contributed by atoms with Gasteiger partial charge in [0, 0.05) is 118 Å². The SMILES string of the molecule is CC(C)(C)OC(=O)N1CCc2sc(C(=O)O)cc2C1.Cc1cc(-c2ccnc(Nc3ccc(N4CCN(C)CC4)cn3)n2)ccc1CCC(=O)c1cc2c(s1)CCNC2.Cc1cc(-c2ccnc(Nc3ccc(N4CCN(C)CC4)cn3)n2)ccc1CN. The highest BCUT2D eigenvalue weighted by molar-refractivity contribution is 7.14. The number of carboxylic acid groups (broad SMARTS) is 1. The second-order valence-electron chi connectivity index (χ2n) is 23.6. The molecule has 6 N–H and O–H groups in total. The van der Waals surface area contributed by atoms with Gasteiger partial charge in [0.05, 0.1) is 46.6 Å². The van der Waals surface area contributed by atoms with Gasteiger partial charge < -0.3 is 56.0 Å². The fourth-order valence-electron chi connectivity index (χ4n) is 10.7. The predicted molar refractivity (Wildman–Crippen MR) is 351 cm³/mol. The van der Waals surface area contributed by atoms with Gasteiger partial charge in [0.2, 0.25) is 11.9 Å². The van der Waals surface area contributed by atoms with Crippen molar-refractivity contribution in [2.45, 2.75) is 85.5 Å². The average Bonchev–Trinajstić information content (AvgIpc) is 4.14. The van der Waals surface area contributed by atoms with E-state index in [9.17, 15) is 14.4 Å². The quantitative estimate of drug-likeness (QED) is 0.0637. The maximum atomic E-state index is 12.9. The largest absolute Gasteiger partial charge is 0.477 e. The predicted octanol–water partition coefficient (Wildman–Crippen LogP) is 10.4. The first kappa shape index (κ1) is 62.8. The Bertz CT molecular complexity index is 3680. The van der Waals surface area contributed by atoms with Crippen molar-refractivity contribution < 1.29 is 24.2 Å². The van der Waals surface area contributed by atoms with Crippen molar-refractivity contribution >= 4 is 75.4 Å². The first-order chi connectivity index (χ1) is 42.4. The topological polar surface area (TPSA) is 236 Å². The van der Waals surface area contributed by atoms with Crippen LogP contribution in [-0.4, -0.2) is 153 Å². The van der Waals surface area contributed by atoms with Gasteiger partial charge in [0.25, 0.3) is 0 Å². The van der Waals surface area contributed by atoms with Gasteiger partial charge in [0.1, 0.15) is 22.1 Å². The number of carboxylic acids is 1. The molecule has 22 heteroatoms. The summed E-state index contributed by atoms with van der Waals surface area (Å²) in [5.74, 6) is 1.81. The molecule has 2 saturated heterocycles. The van der Waals surface area contributed by atoms with Crippen LogP contribution in [0.25, 0.3) is 22.5 Å². The Morgan fingerprint density at radius 3 is 1.68 bits per heavy atom. The first-order valence-corrected chi connectivity index (χ1v) is 31.6.